The van der Waals surface area contributed by atoms with Gasteiger partial charge in [0, 0.05) is 11.0 Å². The van der Waals surface area contributed by atoms with Crippen molar-refractivity contribution in [2.75, 3.05) is 13.1 Å². The van der Waals surface area contributed by atoms with Crippen LogP contribution in [0.3, 0.4) is 0 Å². The summed E-state index contributed by atoms with van der Waals surface area (Å²) in [7, 11) is 0. The molecule has 0 aromatic heterocycles. The van der Waals surface area contributed by atoms with Crippen LogP contribution in [0.5, 0.6) is 0 Å². The van der Waals surface area contributed by atoms with Crippen molar-refractivity contribution in [1.82, 2.24) is 4.90 Å². The average molecular weight is 312 g/mol. The molecule has 1 aliphatic rings. The summed E-state index contributed by atoms with van der Waals surface area (Å²) in [6.45, 7) is 5.13. The van der Waals surface area contributed by atoms with Crippen molar-refractivity contribution in [1.29, 1.82) is 0 Å². The van der Waals surface area contributed by atoms with Gasteiger partial charge in [0.25, 0.3) is 0 Å². The summed E-state index contributed by atoms with van der Waals surface area (Å²) in [4.78, 5) is 13.5. The molecule has 0 bridgehead atoms. The lowest BCUT2D eigenvalue weighted by Crippen LogP contribution is -2.32. The van der Waals surface area contributed by atoms with Crippen molar-refractivity contribution in [3.8, 4) is 0 Å². The van der Waals surface area contributed by atoms with Crippen LogP contribution in [0.4, 0.5) is 0 Å². The zero-order valence-corrected chi connectivity index (χ0v) is 12.1. The molecular weight excluding hydrogens is 294 g/mol. The molecule has 1 N–H and O–H groups in total. The monoisotopic (exact) mass is 311 g/mol. The molecule has 1 heterocycles. The lowest BCUT2D eigenvalue weighted by Gasteiger charge is -2.30. The molecule has 98 valence electrons. The van der Waals surface area contributed by atoms with Gasteiger partial charge < -0.3 is 5.11 Å². The van der Waals surface area contributed by atoms with E-state index in [1.165, 1.54) is 12.8 Å². The number of aromatic carboxylic acids is 1. The predicted molar refractivity (Wildman–Crippen MR) is 74.8 cm³/mol. The van der Waals surface area contributed by atoms with E-state index >= 15 is 0 Å². The predicted octanol–water partition coefficient (Wildman–Crippen LogP) is 3.38. The quantitative estimate of drug-likeness (QED) is 0.930. The fourth-order valence-electron chi connectivity index (χ4n) is 2.36. The van der Waals surface area contributed by atoms with Crippen LogP contribution >= 0.6 is 15.9 Å². The van der Waals surface area contributed by atoms with Crippen molar-refractivity contribution in [2.45, 2.75) is 26.3 Å². The van der Waals surface area contributed by atoms with Gasteiger partial charge in [0.1, 0.15) is 0 Å². The Balaban J connectivity index is 2.12. The van der Waals surface area contributed by atoms with Crippen LogP contribution in [0.2, 0.25) is 0 Å². The smallest absolute Gasteiger partial charge is 0.336 e. The fraction of sp³-hybridized carbons (Fsp3) is 0.500. The van der Waals surface area contributed by atoms with E-state index in [9.17, 15) is 9.90 Å². The number of nitrogens with zero attached hydrogens (tertiary/aromatic N) is 1. The number of piperidine rings is 1. The molecule has 18 heavy (non-hydrogen) atoms. The third-order valence-corrected chi connectivity index (χ3v) is 4.06. The molecule has 1 aromatic rings. The van der Waals surface area contributed by atoms with Crippen molar-refractivity contribution in [2.24, 2.45) is 5.92 Å². The minimum Gasteiger partial charge on any atom is -0.478 e. The Morgan fingerprint density at radius 1 is 1.44 bits per heavy atom. The number of hydrogen-bond donors (Lipinski definition) is 1. The van der Waals surface area contributed by atoms with E-state index in [0.717, 1.165) is 35.6 Å². The highest BCUT2D eigenvalue weighted by molar-refractivity contribution is 9.10. The number of hydrogen-bond acceptors (Lipinski definition) is 2. The summed E-state index contributed by atoms with van der Waals surface area (Å²) in [6.07, 6.45) is 2.41. The van der Waals surface area contributed by atoms with Crippen LogP contribution in [0, 0.1) is 5.92 Å². The van der Waals surface area contributed by atoms with E-state index in [2.05, 4.69) is 27.8 Å². The second-order valence-electron chi connectivity index (χ2n) is 5.07. The lowest BCUT2D eigenvalue weighted by atomic mass is 9.98. The summed E-state index contributed by atoms with van der Waals surface area (Å²) < 4.78 is 0.938. The first-order valence-corrected chi connectivity index (χ1v) is 7.09. The highest BCUT2D eigenvalue weighted by Crippen LogP contribution is 2.22. The normalized spacial score (nSPS) is 17.9. The Labute approximate surface area is 116 Å². The summed E-state index contributed by atoms with van der Waals surface area (Å²) in [5, 5.41) is 9.19. The topological polar surface area (TPSA) is 40.5 Å². The maximum atomic E-state index is 11.2. The number of likely N-dealkylation sites (tertiary alicyclic amines) is 1. The minimum absolute atomic E-state index is 0.414. The van der Waals surface area contributed by atoms with Crippen molar-refractivity contribution >= 4 is 21.9 Å². The second-order valence-corrected chi connectivity index (χ2v) is 5.98. The van der Waals surface area contributed by atoms with Crippen LogP contribution in [-0.4, -0.2) is 29.1 Å². The summed E-state index contributed by atoms with van der Waals surface area (Å²) in [5.74, 6) is -0.0504. The first kappa shape index (κ1) is 13.6. The number of carboxylic acid groups (broad SMARTS) is 1. The largest absolute Gasteiger partial charge is 0.478 e. The van der Waals surface area contributed by atoms with Gasteiger partial charge in [-0.2, -0.15) is 0 Å². The van der Waals surface area contributed by atoms with E-state index in [1.807, 2.05) is 6.07 Å². The molecule has 0 atom stereocenters. The molecule has 3 nitrogen and oxygen atoms in total. The van der Waals surface area contributed by atoms with Crippen LogP contribution in [0.25, 0.3) is 0 Å². The van der Waals surface area contributed by atoms with Gasteiger partial charge in [-0.05, 0) is 55.6 Å². The van der Waals surface area contributed by atoms with Crippen molar-refractivity contribution in [3.05, 3.63) is 33.8 Å². The van der Waals surface area contributed by atoms with Crippen molar-refractivity contribution in [3.63, 3.8) is 0 Å². The highest BCUT2D eigenvalue weighted by Gasteiger charge is 2.18. The molecule has 0 spiro atoms. The summed E-state index contributed by atoms with van der Waals surface area (Å²) >= 11 is 3.41. The van der Waals surface area contributed by atoms with Crippen LogP contribution < -0.4 is 0 Å². The maximum Gasteiger partial charge on any atom is 0.336 e. The van der Waals surface area contributed by atoms with Crippen LogP contribution in [0.1, 0.15) is 35.7 Å². The number of halogens is 1. The number of rotatable bonds is 3. The Morgan fingerprint density at radius 2 is 2.11 bits per heavy atom. The van der Waals surface area contributed by atoms with Gasteiger partial charge in [0.2, 0.25) is 0 Å². The van der Waals surface area contributed by atoms with Gasteiger partial charge in [-0.25, -0.2) is 4.79 Å². The summed E-state index contributed by atoms with van der Waals surface area (Å²) in [6, 6.07) is 5.38. The van der Waals surface area contributed by atoms with Gasteiger partial charge in [-0.1, -0.05) is 22.9 Å². The van der Waals surface area contributed by atoms with Gasteiger partial charge >= 0.3 is 5.97 Å². The molecule has 1 saturated heterocycles. The Bertz CT molecular complexity index is 439. The lowest BCUT2D eigenvalue weighted by molar-refractivity contribution is 0.0693. The molecule has 0 aliphatic carbocycles. The first-order valence-electron chi connectivity index (χ1n) is 6.30. The zero-order valence-electron chi connectivity index (χ0n) is 10.5. The third kappa shape index (κ3) is 3.33. The molecule has 0 radical (unpaired) electrons. The van der Waals surface area contributed by atoms with Crippen molar-refractivity contribution < 1.29 is 9.90 Å². The standard InChI is InChI=1S/C14H18BrNO2/c1-10-4-6-16(7-5-10)9-11-8-12(15)2-3-13(11)14(17)18/h2-3,8,10H,4-7,9H2,1H3,(H,17,18). The fourth-order valence-corrected chi connectivity index (χ4v) is 2.77. The minimum atomic E-state index is -0.845. The molecule has 0 saturated carbocycles. The average Bonchev–Trinajstić information content (AvgIpc) is 2.32. The molecule has 2 rings (SSSR count). The second kappa shape index (κ2) is 5.85. The number of benzene rings is 1. The molecular formula is C14H18BrNO2. The molecule has 0 unspecified atom stereocenters. The maximum absolute atomic E-state index is 11.2. The molecule has 0 amide bonds. The number of carboxylic acids is 1. The van der Waals surface area contributed by atoms with E-state index in [1.54, 1.807) is 12.1 Å². The van der Waals surface area contributed by atoms with E-state index in [-0.39, 0.29) is 0 Å². The van der Waals surface area contributed by atoms with Gasteiger partial charge in [0.05, 0.1) is 5.56 Å². The molecule has 1 fully saturated rings. The highest BCUT2D eigenvalue weighted by atomic mass is 79.9. The zero-order chi connectivity index (χ0) is 13.1. The Kier molecular flexibility index (Phi) is 4.40. The molecule has 1 aromatic carbocycles. The van der Waals surface area contributed by atoms with Gasteiger partial charge in [0.15, 0.2) is 0 Å². The Morgan fingerprint density at radius 3 is 2.72 bits per heavy atom. The Hall–Kier alpha value is -0.870. The van der Waals surface area contributed by atoms with E-state index < -0.39 is 5.97 Å². The number of carbonyl (C=O) groups is 1. The molecule has 1 aliphatic heterocycles. The molecule has 4 heteroatoms. The first-order chi connectivity index (χ1) is 8.56. The third-order valence-electron chi connectivity index (χ3n) is 3.57. The van der Waals surface area contributed by atoms with Crippen LogP contribution in [0.15, 0.2) is 22.7 Å². The van der Waals surface area contributed by atoms with Gasteiger partial charge in [-0.15, -0.1) is 0 Å². The van der Waals surface area contributed by atoms with Crippen LogP contribution in [-0.2, 0) is 6.54 Å². The van der Waals surface area contributed by atoms with E-state index in [4.69, 9.17) is 0 Å². The van der Waals surface area contributed by atoms with Gasteiger partial charge in [-0.3, -0.25) is 4.90 Å². The summed E-state index contributed by atoms with van der Waals surface area (Å²) in [5.41, 5.74) is 1.31. The van der Waals surface area contributed by atoms with E-state index in [0.29, 0.717) is 5.56 Å². The SMILES string of the molecule is CC1CCN(Cc2cc(Br)ccc2C(=O)O)CC1.